The first-order valence-electron chi connectivity index (χ1n) is 6.36. The van der Waals surface area contributed by atoms with Crippen LogP contribution in [0.1, 0.15) is 28.2 Å². The number of hydrogen-bond donors (Lipinski definition) is 2. The molecule has 0 aromatic heterocycles. The normalized spacial score (nSPS) is 11.9. The number of rotatable bonds is 2. The maximum atomic E-state index is 10.1. The van der Waals surface area contributed by atoms with Crippen molar-refractivity contribution in [2.45, 2.75) is 23.6 Å². The smallest absolute Gasteiger partial charge is 0.201 e. The molecule has 0 radical (unpaired) electrons. The number of benzene rings is 2. The minimum absolute atomic E-state index is 0.0258. The fourth-order valence-corrected chi connectivity index (χ4v) is 3.04. The molecule has 0 unspecified atom stereocenters. The molecule has 0 saturated heterocycles. The van der Waals surface area contributed by atoms with E-state index in [-0.39, 0.29) is 11.5 Å². The summed E-state index contributed by atoms with van der Waals surface area (Å²) < 4.78 is -1.71. The zero-order valence-corrected chi connectivity index (χ0v) is 13.8. The van der Waals surface area contributed by atoms with Gasteiger partial charge in [-0.2, -0.15) is 0 Å². The fraction of sp³-hybridized carbons (Fsp3) is 0.250. The molecule has 112 valence electrons. The van der Waals surface area contributed by atoms with E-state index in [1.807, 2.05) is 13.8 Å². The van der Waals surface area contributed by atoms with E-state index < -0.39 is 9.71 Å². The van der Waals surface area contributed by atoms with Crippen LogP contribution in [0.4, 0.5) is 0 Å². The Kier molecular flexibility index (Phi) is 4.62. The van der Waals surface area contributed by atoms with Crippen LogP contribution in [0.3, 0.4) is 0 Å². The van der Waals surface area contributed by atoms with Gasteiger partial charge in [-0.25, -0.2) is 0 Å². The average molecular weight is 346 g/mol. The minimum Gasteiger partial charge on any atom is -0.508 e. The molecule has 0 spiro atoms. The first-order chi connectivity index (χ1) is 9.70. The summed E-state index contributed by atoms with van der Waals surface area (Å²) in [6, 6.07) is 10.2. The molecule has 0 amide bonds. The summed E-state index contributed by atoms with van der Waals surface area (Å²) in [6.07, 6.45) is 0. The van der Waals surface area contributed by atoms with Crippen molar-refractivity contribution in [3.05, 3.63) is 58.7 Å². The van der Waals surface area contributed by atoms with Gasteiger partial charge in [0.25, 0.3) is 0 Å². The first-order valence-corrected chi connectivity index (χ1v) is 7.49. The first kappa shape index (κ1) is 16.3. The van der Waals surface area contributed by atoms with Gasteiger partial charge in [0.15, 0.2) is 0 Å². The topological polar surface area (TPSA) is 40.5 Å². The highest BCUT2D eigenvalue weighted by molar-refractivity contribution is 6.68. The van der Waals surface area contributed by atoms with Crippen molar-refractivity contribution in [3.8, 4) is 11.5 Å². The van der Waals surface area contributed by atoms with Crippen LogP contribution in [-0.2, 0) is 0 Å². The Morgan fingerprint density at radius 2 is 1.19 bits per heavy atom. The van der Waals surface area contributed by atoms with Crippen molar-refractivity contribution >= 4 is 34.8 Å². The molecular weight excluding hydrogens is 331 g/mol. The van der Waals surface area contributed by atoms with Crippen LogP contribution < -0.4 is 0 Å². The highest BCUT2D eigenvalue weighted by Gasteiger charge is 2.38. The monoisotopic (exact) mass is 344 g/mol. The largest absolute Gasteiger partial charge is 0.508 e. The predicted molar refractivity (Wildman–Crippen MR) is 87.8 cm³/mol. The Labute approximate surface area is 138 Å². The van der Waals surface area contributed by atoms with Crippen LogP contribution in [0, 0.1) is 13.8 Å². The second-order valence-electron chi connectivity index (χ2n) is 5.10. The molecule has 0 heterocycles. The van der Waals surface area contributed by atoms with Gasteiger partial charge in [-0.3, -0.25) is 0 Å². The zero-order valence-electron chi connectivity index (χ0n) is 11.6. The van der Waals surface area contributed by atoms with Crippen LogP contribution in [0.5, 0.6) is 11.5 Å². The average Bonchev–Trinajstić information content (AvgIpc) is 2.36. The highest BCUT2D eigenvalue weighted by atomic mass is 35.6. The molecule has 0 bridgehead atoms. The lowest BCUT2D eigenvalue weighted by molar-refractivity contribution is 0.454. The van der Waals surface area contributed by atoms with Gasteiger partial charge < -0.3 is 10.2 Å². The number of halogens is 3. The van der Waals surface area contributed by atoms with Crippen LogP contribution in [0.15, 0.2) is 36.4 Å². The van der Waals surface area contributed by atoms with Crippen LogP contribution in [-0.4, -0.2) is 14.0 Å². The van der Waals surface area contributed by atoms with E-state index in [1.54, 1.807) is 36.4 Å². The van der Waals surface area contributed by atoms with Crippen molar-refractivity contribution in [2.24, 2.45) is 0 Å². The fourth-order valence-electron chi connectivity index (χ4n) is 2.33. The second-order valence-corrected chi connectivity index (χ2v) is 7.47. The molecule has 0 aliphatic heterocycles. The Bertz CT molecular complexity index is 612. The SMILES string of the molecule is Cc1ccc(O)c(C(c2cc(C)ccc2O)C(Cl)(Cl)Cl)c1. The molecule has 2 aromatic carbocycles. The van der Waals surface area contributed by atoms with E-state index in [2.05, 4.69) is 0 Å². The quantitative estimate of drug-likeness (QED) is 0.733. The Morgan fingerprint density at radius 1 is 0.810 bits per heavy atom. The summed E-state index contributed by atoms with van der Waals surface area (Å²) >= 11 is 18.4. The second kappa shape index (κ2) is 5.96. The van der Waals surface area contributed by atoms with E-state index >= 15 is 0 Å². The van der Waals surface area contributed by atoms with Crippen molar-refractivity contribution in [1.82, 2.24) is 0 Å². The molecule has 2 aromatic rings. The summed E-state index contributed by atoms with van der Waals surface area (Å²) in [5, 5.41) is 20.3. The summed E-state index contributed by atoms with van der Waals surface area (Å²) in [4.78, 5) is 0. The third-order valence-electron chi connectivity index (χ3n) is 3.32. The van der Waals surface area contributed by atoms with E-state index in [4.69, 9.17) is 34.8 Å². The highest BCUT2D eigenvalue weighted by Crippen LogP contribution is 2.50. The molecule has 0 fully saturated rings. The van der Waals surface area contributed by atoms with Gasteiger partial charge in [-0.15, -0.1) is 0 Å². The van der Waals surface area contributed by atoms with Crippen LogP contribution in [0.25, 0.3) is 0 Å². The number of phenols is 2. The van der Waals surface area contributed by atoms with Crippen molar-refractivity contribution in [3.63, 3.8) is 0 Å². The molecule has 21 heavy (non-hydrogen) atoms. The van der Waals surface area contributed by atoms with Crippen molar-refractivity contribution < 1.29 is 10.2 Å². The molecule has 0 aliphatic carbocycles. The molecular formula is C16H15Cl3O2. The maximum absolute atomic E-state index is 10.1. The van der Waals surface area contributed by atoms with Gasteiger partial charge in [-0.1, -0.05) is 70.2 Å². The third-order valence-corrected chi connectivity index (χ3v) is 3.97. The molecule has 0 saturated carbocycles. The molecule has 5 heteroatoms. The summed E-state index contributed by atoms with van der Waals surface area (Å²) in [5.74, 6) is -0.724. The minimum atomic E-state index is -1.71. The van der Waals surface area contributed by atoms with Gasteiger partial charge in [0.1, 0.15) is 11.5 Å². The number of alkyl halides is 3. The van der Waals surface area contributed by atoms with E-state index in [1.165, 1.54) is 0 Å². The van der Waals surface area contributed by atoms with E-state index in [9.17, 15) is 10.2 Å². The van der Waals surface area contributed by atoms with Crippen LogP contribution >= 0.6 is 34.8 Å². The number of hydrogen-bond acceptors (Lipinski definition) is 2. The summed E-state index contributed by atoms with van der Waals surface area (Å²) in [5.41, 5.74) is 2.79. The molecule has 0 aliphatic rings. The standard InChI is InChI=1S/C16H15Cl3O2/c1-9-3-5-13(20)11(7-9)15(16(17,18)19)12-8-10(2)4-6-14(12)21/h3-8,15,20-21H,1-2H3. The number of aromatic hydroxyl groups is 2. The molecule has 2 N–H and O–H groups in total. The van der Waals surface area contributed by atoms with Gasteiger partial charge in [0, 0.05) is 11.1 Å². The summed E-state index contributed by atoms with van der Waals surface area (Å²) in [6.45, 7) is 3.77. The van der Waals surface area contributed by atoms with Crippen LogP contribution in [0.2, 0.25) is 0 Å². The van der Waals surface area contributed by atoms with Gasteiger partial charge in [0.2, 0.25) is 3.79 Å². The Hall–Kier alpha value is -1.09. The maximum Gasteiger partial charge on any atom is 0.201 e. The van der Waals surface area contributed by atoms with E-state index in [0.29, 0.717) is 11.1 Å². The number of phenolic OH excluding ortho intramolecular Hbond substituents is 2. The van der Waals surface area contributed by atoms with Crippen molar-refractivity contribution in [2.75, 3.05) is 0 Å². The lowest BCUT2D eigenvalue weighted by Crippen LogP contribution is -2.19. The van der Waals surface area contributed by atoms with Crippen molar-refractivity contribution in [1.29, 1.82) is 0 Å². The Balaban J connectivity index is 2.70. The third kappa shape index (κ3) is 3.57. The Morgan fingerprint density at radius 3 is 1.52 bits per heavy atom. The van der Waals surface area contributed by atoms with Gasteiger partial charge >= 0.3 is 0 Å². The van der Waals surface area contributed by atoms with Gasteiger partial charge in [0.05, 0.1) is 5.92 Å². The van der Waals surface area contributed by atoms with E-state index in [0.717, 1.165) is 11.1 Å². The summed E-state index contributed by atoms with van der Waals surface area (Å²) in [7, 11) is 0. The lowest BCUT2D eigenvalue weighted by atomic mass is 9.89. The zero-order chi connectivity index (χ0) is 15.8. The number of aryl methyl sites for hydroxylation is 2. The molecule has 0 atom stereocenters. The van der Waals surface area contributed by atoms with Gasteiger partial charge in [-0.05, 0) is 26.0 Å². The molecule has 2 nitrogen and oxygen atoms in total. The predicted octanol–water partition coefficient (Wildman–Crippen LogP) is 5.22. The lowest BCUT2D eigenvalue weighted by Gasteiger charge is -2.27. The molecule has 2 rings (SSSR count).